The van der Waals surface area contributed by atoms with Crippen molar-refractivity contribution in [2.24, 2.45) is 7.05 Å². The molecular weight excluding hydrogens is 302 g/mol. The number of rotatable bonds is 1. The molecule has 3 aromatic rings. The molecule has 0 radical (unpaired) electrons. The molecule has 25 heavy (non-hydrogen) atoms. The zero-order valence-corrected chi connectivity index (χ0v) is 16.1. The van der Waals surface area contributed by atoms with E-state index >= 15 is 0 Å². The van der Waals surface area contributed by atoms with Crippen LogP contribution in [0.15, 0.2) is 48.7 Å². The smallest absolute Gasteiger partial charge is 0.201 e. The van der Waals surface area contributed by atoms with Crippen LogP contribution in [0.3, 0.4) is 0 Å². The Bertz CT molecular complexity index is 1010. The fourth-order valence-corrected chi connectivity index (χ4v) is 4.49. The summed E-state index contributed by atoms with van der Waals surface area (Å²) < 4.78 is 2.27. The van der Waals surface area contributed by atoms with Gasteiger partial charge in [-0.25, -0.2) is 4.57 Å². The van der Waals surface area contributed by atoms with E-state index < -0.39 is 0 Å². The monoisotopic (exact) mass is 328 g/mol. The van der Waals surface area contributed by atoms with Gasteiger partial charge in [0, 0.05) is 22.6 Å². The minimum absolute atomic E-state index is 0.0441. The quantitative estimate of drug-likeness (QED) is 0.526. The van der Waals surface area contributed by atoms with E-state index in [9.17, 15) is 0 Å². The van der Waals surface area contributed by atoms with Crippen LogP contribution in [0.5, 0.6) is 0 Å². The van der Waals surface area contributed by atoms with E-state index in [4.69, 9.17) is 0 Å². The van der Waals surface area contributed by atoms with Gasteiger partial charge in [-0.05, 0) is 54.7 Å². The standard InChI is InChI=1S/C24H26N/c1-15-10-13-20(25(6)14-15)22-17(3)11-12-19-23(22)21-16(2)8-7-9-18(21)24(19,4)5/h7-14H,1-6H3/q+1. The Balaban J connectivity index is 2.15. The van der Waals surface area contributed by atoms with Gasteiger partial charge in [0.15, 0.2) is 6.20 Å². The zero-order chi connectivity index (χ0) is 17.9. The number of benzene rings is 2. The molecule has 0 amide bonds. The normalized spacial score (nSPS) is 14.3. The lowest BCUT2D eigenvalue weighted by atomic mass is 9.81. The van der Waals surface area contributed by atoms with Crippen LogP contribution in [0.2, 0.25) is 0 Å². The fraction of sp³-hybridized carbons (Fsp3) is 0.292. The summed E-state index contributed by atoms with van der Waals surface area (Å²) in [5.74, 6) is 0. The van der Waals surface area contributed by atoms with E-state index in [1.54, 1.807) is 0 Å². The van der Waals surface area contributed by atoms with Crippen LogP contribution in [0.4, 0.5) is 0 Å². The summed E-state index contributed by atoms with van der Waals surface area (Å²) in [7, 11) is 2.15. The minimum atomic E-state index is 0.0441. The van der Waals surface area contributed by atoms with E-state index in [1.807, 2.05) is 0 Å². The van der Waals surface area contributed by atoms with Crippen LogP contribution < -0.4 is 4.57 Å². The maximum absolute atomic E-state index is 2.35. The molecule has 1 aromatic heterocycles. The van der Waals surface area contributed by atoms with Gasteiger partial charge in [0.2, 0.25) is 5.69 Å². The number of nitrogens with zero attached hydrogens (tertiary/aromatic N) is 1. The number of aromatic nitrogens is 1. The molecule has 1 aliphatic carbocycles. The van der Waals surface area contributed by atoms with E-state index in [0.717, 1.165) is 0 Å². The Morgan fingerprint density at radius 2 is 1.40 bits per heavy atom. The van der Waals surface area contributed by atoms with Gasteiger partial charge >= 0.3 is 0 Å². The molecule has 0 saturated heterocycles. The van der Waals surface area contributed by atoms with Crippen molar-refractivity contribution in [2.75, 3.05) is 0 Å². The predicted molar refractivity (Wildman–Crippen MR) is 105 cm³/mol. The summed E-state index contributed by atoms with van der Waals surface area (Å²) in [5, 5.41) is 0. The van der Waals surface area contributed by atoms with Gasteiger partial charge in [0.1, 0.15) is 7.05 Å². The highest BCUT2D eigenvalue weighted by Crippen LogP contribution is 2.53. The molecule has 126 valence electrons. The molecule has 2 aromatic carbocycles. The molecule has 0 aliphatic heterocycles. The molecule has 0 atom stereocenters. The topological polar surface area (TPSA) is 3.88 Å². The van der Waals surface area contributed by atoms with Crippen LogP contribution in [-0.4, -0.2) is 0 Å². The molecule has 0 bridgehead atoms. The Hall–Kier alpha value is -2.41. The number of hydrogen-bond donors (Lipinski definition) is 0. The van der Waals surface area contributed by atoms with Crippen molar-refractivity contribution in [3.63, 3.8) is 0 Å². The number of fused-ring (bicyclic) bond motifs is 3. The molecular formula is C24H26N+. The summed E-state index contributed by atoms with van der Waals surface area (Å²) in [6.07, 6.45) is 2.22. The highest BCUT2D eigenvalue weighted by molar-refractivity contribution is 5.93. The third-order valence-electron chi connectivity index (χ3n) is 5.82. The predicted octanol–water partition coefficient (Wildman–Crippen LogP) is 5.41. The molecule has 1 heterocycles. The lowest BCUT2D eigenvalue weighted by Gasteiger charge is -2.22. The van der Waals surface area contributed by atoms with E-state index in [-0.39, 0.29) is 5.41 Å². The van der Waals surface area contributed by atoms with Crippen molar-refractivity contribution < 1.29 is 4.57 Å². The van der Waals surface area contributed by atoms with Crippen molar-refractivity contribution in [3.05, 3.63) is 76.5 Å². The fourth-order valence-electron chi connectivity index (χ4n) is 4.49. The van der Waals surface area contributed by atoms with Gasteiger partial charge in [0.25, 0.3) is 0 Å². The van der Waals surface area contributed by atoms with Crippen LogP contribution in [0.1, 0.15) is 41.7 Å². The molecule has 0 N–H and O–H groups in total. The number of pyridine rings is 1. The molecule has 1 heteroatoms. The first kappa shape index (κ1) is 16.1. The maximum atomic E-state index is 2.35. The number of aryl methyl sites for hydroxylation is 4. The first-order chi connectivity index (χ1) is 11.8. The third-order valence-corrected chi connectivity index (χ3v) is 5.82. The summed E-state index contributed by atoms with van der Waals surface area (Å²) >= 11 is 0. The third kappa shape index (κ3) is 2.18. The number of hydrogen-bond acceptors (Lipinski definition) is 0. The average Bonchev–Trinajstić information content (AvgIpc) is 2.78. The second-order valence-corrected chi connectivity index (χ2v) is 8.01. The second-order valence-electron chi connectivity index (χ2n) is 8.01. The SMILES string of the molecule is Cc1ccc(-c2c(C)ccc3c2-c2c(C)cccc2C3(C)C)[n+](C)c1. The lowest BCUT2D eigenvalue weighted by Crippen LogP contribution is -2.31. The molecule has 0 saturated carbocycles. The van der Waals surface area contributed by atoms with Gasteiger partial charge in [0.05, 0.1) is 5.56 Å². The average molecular weight is 328 g/mol. The van der Waals surface area contributed by atoms with E-state index in [2.05, 4.69) is 94.9 Å². The maximum Gasteiger partial charge on any atom is 0.213 e. The largest absolute Gasteiger partial charge is 0.213 e. The van der Waals surface area contributed by atoms with E-state index in [1.165, 1.54) is 50.2 Å². The van der Waals surface area contributed by atoms with Crippen LogP contribution in [0.25, 0.3) is 22.4 Å². The van der Waals surface area contributed by atoms with Gasteiger partial charge in [-0.1, -0.05) is 44.2 Å². The molecule has 0 unspecified atom stereocenters. The highest BCUT2D eigenvalue weighted by Gasteiger charge is 2.39. The summed E-state index contributed by atoms with van der Waals surface area (Å²) in [6, 6.07) is 15.8. The van der Waals surface area contributed by atoms with Crippen LogP contribution in [0, 0.1) is 20.8 Å². The molecule has 1 nitrogen and oxygen atoms in total. The lowest BCUT2D eigenvalue weighted by molar-refractivity contribution is -0.660. The summed E-state index contributed by atoms with van der Waals surface area (Å²) in [4.78, 5) is 0. The molecule has 4 rings (SSSR count). The van der Waals surface area contributed by atoms with Crippen LogP contribution >= 0.6 is 0 Å². The minimum Gasteiger partial charge on any atom is -0.201 e. The van der Waals surface area contributed by atoms with Crippen molar-refractivity contribution in [3.8, 4) is 22.4 Å². The first-order valence-electron chi connectivity index (χ1n) is 9.03. The Kier molecular flexibility index (Phi) is 3.40. The van der Waals surface area contributed by atoms with Crippen molar-refractivity contribution >= 4 is 0 Å². The second kappa shape index (κ2) is 5.29. The van der Waals surface area contributed by atoms with Gasteiger partial charge in [-0.2, -0.15) is 0 Å². The van der Waals surface area contributed by atoms with Crippen molar-refractivity contribution in [1.29, 1.82) is 0 Å². The van der Waals surface area contributed by atoms with E-state index in [0.29, 0.717) is 0 Å². The van der Waals surface area contributed by atoms with Crippen LogP contribution in [-0.2, 0) is 12.5 Å². The molecule has 0 fully saturated rings. The first-order valence-corrected chi connectivity index (χ1v) is 9.03. The van der Waals surface area contributed by atoms with Crippen molar-refractivity contribution in [2.45, 2.75) is 40.0 Å². The highest BCUT2D eigenvalue weighted by atomic mass is 14.9. The summed E-state index contributed by atoms with van der Waals surface area (Å²) in [5.41, 5.74) is 12.4. The van der Waals surface area contributed by atoms with Gasteiger partial charge < -0.3 is 0 Å². The molecule has 1 aliphatic rings. The Labute approximate surface area is 151 Å². The Morgan fingerprint density at radius 3 is 2.12 bits per heavy atom. The Morgan fingerprint density at radius 1 is 0.720 bits per heavy atom. The zero-order valence-electron chi connectivity index (χ0n) is 16.1. The summed E-state index contributed by atoms with van der Waals surface area (Å²) in [6.45, 7) is 11.3. The molecule has 0 spiro atoms. The van der Waals surface area contributed by atoms with Gasteiger partial charge in [-0.15, -0.1) is 0 Å². The van der Waals surface area contributed by atoms with Crippen molar-refractivity contribution in [1.82, 2.24) is 0 Å². The van der Waals surface area contributed by atoms with Gasteiger partial charge in [-0.3, -0.25) is 0 Å².